The number of H-pyrrole nitrogens is 1. The van der Waals surface area contributed by atoms with Crippen LogP contribution in [0.3, 0.4) is 0 Å². The lowest BCUT2D eigenvalue weighted by Crippen LogP contribution is -2.37. The van der Waals surface area contributed by atoms with Crippen LogP contribution in [-0.4, -0.2) is 61.8 Å². The van der Waals surface area contributed by atoms with Gasteiger partial charge in [-0.2, -0.15) is 13.7 Å². The van der Waals surface area contributed by atoms with Crippen LogP contribution in [0, 0.1) is 13.8 Å². The summed E-state index contributed by atoms with van der Waals surface area (Å²) in [5.41, 5.74) is 1.69. The Morgan fingerprint density at radius 1 is 0.964 bits per heavy atom. The maximum Gasteiger partial charge on any atom is 0.246 e. The quantitative estimate of drug-likeness (QED) is 0.787. The van der Waals surface area contributed by atoms with E-state index in [1.807, 2.05) is 30.3 Å². The lowest BCUT2D eigenvalue weighted by atomic mass is 10.2. The Bertz CT molecular complexity index is 1040. The number of hydrogen-bond donors (Lipinski definition) is 1. The van der Waals surface area contributed by atoms with Crippen molar-refractivity contribution in [1.29, 1.82) is 0 Å². The molecular weight excluding hydrogens is 400 g/mol. The van der Waals surface area contributed by atoms with Gasteiger partial charge in [0.05, 0.1) is 11.4 Å². The Kier molecular flexibility index (Phi) is 6.04. The van der Waals surface area contributed by atoms with Gasteiger partial charge in [-0.1, -0.05) is 30.3 Å². The number of benzene rings is 1. The molecule has 0 radical (unpaired) electrons. The van der Waals surface area contributed by atoms with E-state index in [0.29, 0.717) is 17.8 Å². The molecule has 0 bridgehead atoms. The summed E-state index contributed by atoms with van der Waals surface area (Å²) < 4.78 is 54.0. The number of sulfonamides is 2. The van der Waals surface area contributed by atoms with E-state index in [9.17, 15) is 16.8 Å². The summed E-state index contributed by atoms with van der Waals surface area (Å²) in [5, 5.41) is 7.83. The molecule has 8 nitrogen and oxygen atoms in total. The summed E-state index contributed by atoms with van der Waals surface area (Å²) in [5.74, 6) is 0. The van der Waals surface area contributed by atoms with Gasteiger partial charge in [-0.25, -0.2) is 16.8 Å². The average molecular weight is 425 g/mol. The maximum absolute atomic E-state index is 13.0. The lowest BCUT2D eigenvalue weighted by Gasteiger charge is -2.21. The second-order valence-corrected chi connectivity index (χ2v) is 10.4. The van der Waals surface area contributed by atoms with Gasteiger partial charge < -0.3 is 0 Å². The molecule has 3 rings (SSSR count). The highest BCUT2D eigenvalue weighted by molar-refractivity contribution is 7.92. The van der Waals surface area contributed by atoms with Crippen LogP contribution in [-0.2, 0) is 20.0 Å². The molecule has 1 saturated heterocycles. The molecular formula is C18H24N4O4S2. The molecule has 1 N–H and O–H groups in total. The van der Waals surface area contributed by atoms with Crippen LogP contribution in [0.2, 0.25) is 0 Å². The molecule has 0 spiro atoms. The van der Waals surface area contributed by atoms with Gasteiger partial charge >= 0.3 is 0 Å². The van der Waals surface area contributed by atoms with E-state index >= 15 is 0 Å². The van der Waals surface area contributed by atoms with E-state index in [2.05, 4.69) is 10.2 Å². The van der Waals surface area contributed by atoms with Crippen molar-refractivity contribution in [1.82, 2.24) is 18.8 Å². The minimum absolute atomic E-state index is 0.102. The van der Waals surface area contributed by atoms with Crippen molar-refractivity contribution in [3.05, 3.63) is 52.7 Å². The van der Waals surface area contributed by atoms with Gasteiger partial charge in [0.25, 0.3) is 0 Å². The molecule has 0 unspecified atom stereocenters. The van der Waals surface area contributed by atoms with Crippen molar-refractivity contribution in [2.45, 2.75) is 25.2 Å². The topological polar surface area (TPSA) is 103 Å². The molecule has 1 aliphatic heterocycles. The molecule has 0 atom stereocenters. The zero-order chi connectivity index (χ0) is 20.4. The maximum atomic E-state index is 13.0. The number of aromatic nitrogens is 2. The van der Waals surface area contributed by atoms with E-state index in [-0.39, 0.29) is 31.1 Å². The summed E-state index contributed by atoms with van der Waals surface area (Å²) in [6.45, 7) is 4.05. The fourth-order valence-electron chi connectivity index (χ4n) is 3.23. The third-order valence-corrected chi connectivity index (χ3v) is 8.39. The standard InChI is InChI=1S/C18H24N4O4S2/c1-15-18(16(2)20-19-15)28(25,26)22-11-6-10-21(12-13-22)27(23,24)14-9-17-7-4-3-5-8-17/h3-5,7-9,14H,6,10-13H2,1-2H3,(H,19,20). The molecule has 0 saturated carbocycles. The summed E-state index contributed by atoms with van der Waals surface area (Å²) in [4.78, 5) is 0.174. The Hall–Kier alpha value is -2.01. The summed E-state index contributed by atoms with van der Waals surface area (Å²) >= 11 is 0. The Labute approximate surface area is 166 Å². The van der Waals surface area contributed by atoms with Crippen LogP contribution in [0.15, 0.2) is 40.6 Å². The van der Waals surface area contributed by atoms with Crippen LogP contribution >= 0.6 is 0 Å². The van der Waals surface area contributed by atoms with Gasteiger partial charge in [0, 0.05) is 31.6 Å². The van der Waals surface area contributed by atoms with Gasteiger partial charge in [0.1, 0.15) is 4.90 Å². The molecule has 2 heterocycles. The van der Waals surface area contributed by atoms with E-state index < -0.39 is 20.0 Å². The highest BCUT2D eigenvalue weighted by atomic mass is 32.2. The van der Waals surface area contributed by atoms with Crippen LogP contribution in [0.25, 0.3) is 6.08 Å². The largest absolute Gasteiger partial charge is 0.281 e. The Morgan fingerprint density at radius 3 is 2.25 bits per heavy atom. The van der Waals surface area contributed by atoms with Gasteiger partial charge in [0.15, 0.2) is 0 Å². The van der Waals surface area contributed by atoms with Crippen molar-refractivity contribution in [3.63, 3.8) is 0 Å². The molecule has 1 fully saturated rings. The highest BCUT2D eigenvalue weighted by Gasteiger charge is 2.32. The van der Waals surface area contributed by atoms with Crippen molar-refractivity contribution >= 4 is 26.1 Å². The van der Waals surface area contributed by atoms with E-state index in [4.69, 9.17) is 0 Å². The van der Waals surface area contributed by atoms with Gasteiger partial charge in [-0.15, -0.1) is 0 Å². The number of rotatable bonds is 5. The normalized spacial score (nSPS) is 17.8. The van der Waals surface area contributed by atoms with Crippen molar-refractivity contribution < 1.29 is 16.8 Å². The molecule has 2 aromatic rings. The first-order valence-corrected chi connectivity index (χ1v) is 11.9. The number of hydrogen-bond acceptors (Lipinski definition) is 5. The second kappa shape index (κ2) is 8.16. The van der Waals surface area contributed by atoms with E-state index in [1.54, 1.807) is 19.9 Å². The molecule has 0 amide bonds. The first-order chi connectivity index (χ1) is 13.2. The highest BCUT2D eigenvalue weighted by Crippen LogP contribution is 2.23. The lowest BCUT2D eigenvalue weighted by molar-refractivity contribution is 0.407. The van der Waals surface area contributed by atoms with Gasteiger partial charge in [-0.05, 0) is 31.9 Å². The fourth-order valence-corrected chi connectivity index (χ4v) is 6.25. The van der Waals surface area contributed by atoms with Crippen LogP contribution in [0.5, 0.6) is 0 Å². The summed E-state index contributed by atoms with van der Waals surface area (Å²) in [6.07, 6.45) is 1.97. The molecule has 1 aromatic carbocycles. The van der Waals surface area contributed by atoms with Crippen LogP contribution < -0.4 is 0 Å². The van der Waals surface area contributed by atoms with Crippen molar-refractivity contribution in [2.75, 3.05) is 26.2 Å². The third-order valence-electron chi connectivity index (χ3n) is 4.66. The fraction of sp³-hybridized carbons (Fsp3) is 0.389. The predicted octanol–water partition coefficient (Wildman–Crippen LogP) is 1.72. The molecule has 152 valence electrons. The number of nitrogens with one attached hydrogen (secondary N) is 1. The van der Waals surface area contributed by atoms with Gasteiger partial charge in [-0.3, -0.25) is 5.10 Å². The Balaban J connectivity index is 1.75. The molecule has 1 aromatic heterocycles. The van der Waals surface area contributed by atoms with Crippen molar-refractivity contribution in [3.8, 4) is 0 Å². The molecule has 10 heteroatoms. The molecule has 0 aliphatic carbocycles. The van der Waals surface area contributed by atoms with Crippen molar-refractivity contribution in [2.24, 2.45) is 0 Å². The minimum atomic E-state index is -3.73. The van der Waals surface area contributed by atoms with Crippen LogP contribution in [0.4, 0.5) is 0 Å². The van der Waals surface area contributed by atoms with E-state index in [0.717, 1.165) is 5.56 Å². The number of nitrogens with zero attached hydrogens (tertiary/aromatic N) is 3. The molecule has 1 aliphatic rings. The second-order valence-electron chi connectivity index (χ2n) is 6.68. The number of aryl methyl sites for hydroxylation is 2. The monoisotopic (exact) mass is 424 g/mol. The van der Waals surface area contributed by atoms with Crippen LogP contribution in [0.1, 0.15) is 23.4 Å². The zero-order valence-corrected chi connectivity index (χ0v) is 17.5. The predicted molar refractivity (Wildman–Crippen MR) is 107 cm³/mol. The smallest absolute Gasteiger partial charge is 0.246 e. The summed E-state index contributed by atoms with van der Waals surface area (Å²) in [7, 11) is -7.36. The first kappa shape index (κ1) is 20.7. The zero-order valence-electron chi connectivity index (χ0n) is 15.9. The van der Waals surface area contributed by atoms with Gasteiger partial charge in [0.2, 0.25) is 20.0 Å². The Morgan fingerprint density at radius 2 is 1.61 bits per heavy atom. The van der Waals surface area contributed by atoms with E-state index in [1.165, 1.54) is 14.0 Å². The average Bonchev–Trinajstić information content (AvgIpc) is 2.87. The minimum Gasteiger partial charge on any atom is -0.281 e. The SMILES string of the molecule is Cc1n[nH]c(C)c1S(=O)(=O)N1CCCN(S(=O)(=O)C=Cc2ccccc2)CC1. The molecule has 28 heavy (non-hydrogen) atoms. The third kappa shape index (κ3) is 4.35. The number of aromatic amines is 1. The first-order valence-electron chi connectivity index (χ1n) is 8.97. The summed E-state index contributed by atoms with van der Waals surface area (Å²) in [6, 6.07) is 9.16.